The van der Waals surface area contributed by atoms with Gasteiger partial charge in [0.1, 0.15) is 0 Å². The summed E-state index contributed by atoms with van der Waals surface area (Å²) in [5.74, 6) is 1.67. The predicted molar refractivity (Wildman–Crippen MR) is 95.2 cm³/mol. The second kappa shape index (κ2) is 9.90. The van der Waals surface area contributed by atoms with Crippen LogP contribution in [0.25, 0.3) is 0 Å². The molecule has 0 aliphatic rings. The van der Waals surface area contributed by atoms with E-state index in [1.807, 2.05) is 19.1 Å². The fraction of sp³-hybridized carbons (Fsp3) is 0.400. The molecule has 0 heterocycles. The number of hydrogen-bond donors (Lipinski definition) is 1. The quantitative estimate of drug-likeness (QED) is 0.667. The van der Waals surface area contributed by atoms with Crippen molar-refractivity contribution in [2.45, 2.75) is 33.2 Å². The Labute approximate surface area is 139 Å². The molecule has 124 valence electrons. The van der Waals surface area contributed by atoms with E-state index in [0.717, 1.165) is 44.0 Å². The molecule has 0 aromatic heterocycles. The maximum Gasteiger partial charge on any atom is 0.161 e. The van der Waals surface area contributed by atoms with Crippen molar-refractivity contribution >= 4 is 0 Å². The normalized spacial score (nSPS) is 10.5. The largest absolute Gasteiger partial charge is 0.490 e. The lowest BCUT2D eigenvalue weighted by molar-refractivity contribution is 0.276. The van der Waals surface area contributed by atoms with Crippen LogP contribution in [0.4, 0.5) is 0 Å². The fourth-order valence-electron chi connectivity index (χ4n) is 2.37. The van der Waals surface area contributed by atoms with Gasteiger partial charge in [0.15, 0.2) is 11.5 Å². The van der Waals surface area contributed by atoms with Crippen molar-refractivity contribution in [3.8, 4) is 11.5 Å². The molecule has 0 aliphatic heterocycles. The standard InChI is InChI=1S/C20H27NO2/c1-3-14-23-19-11-10-18(15-20(19)22-4-2)16-21-13-12-17-8-6-5-7-9-17/h5-11,15,21H,3-4,12-14,16H2,1-2H3. The van der Waals surface area contributed by atoms with Gasteiger partial charge in [0.2, 0.25) is 0 Å². The first-order chi connectivity index (χ1) is 11.3. The zero-order valence-electron chi connectivity index (χ0n) is 14.2. The maximum atomic E-state index is 5.73. The Morgan fingerprint density at radius 3 is 2.43 bits per heavy atom. The lowest BCUT2D eigenvalue weighted by atomic mass is 10.1. The molecule has 23 heavy (non-hydrogen) atoms. The summed E-state index contributed by atoms with van der Waals surface area (Å²) < 4.78 is 11.4. The molecule has 2 aromatic carbocycles. The smallest absolute Gasteiger partial charge is 0.161 e. The molecule has 1 N–H and O–H groups in total. The van der Waals surface area contributed by atoms with Crippen molar-refractivity contribution in [3.05, 3.63) is 59.7 Å². The molecular weight excluding hydrogens is 286 g/mol. The van der Waals surface area contributed by atoms with Crippen molar-refractivity contribution in [2.75, 3.05) is 19.8 Å². The van der Waals surface area contributed by atoms with Crippen LogP contribution in [0.1, 0.15) is 31.4 Å². The number of nitrogens with one attached hydrogen (secondary N) is 1. The van der Waals surface area contributed by atoms with Gasteiger partial charge in [-0.15, -0.1) is 0 Å². The Balaban J connectivity index is 1.85. The summed E-state index contributed by atoms with van der Waals surface area (Å²) in [6, 6.07) is 16.7. The van der Waals surface area contributed by atoms with Crippen LogP contribution in [0.5, 0.6) is 11.5 Å². The Morgan fingerprint density at radius 2 is 1.70 bits per heavy atom. The summed E-state index contributed by atoms with van der Waals surface area (Å²) in [7, 11) is 0. The third-order valence-electron chi connectivity index (χ3n) is 3.53. The van der Waals surface area contributed by atoms with Crippen LogP contribution < -0.4 is 14.8 Å². The molecule has 0 bridgehead atoms. The van der Waals surface area contributed by atoms with Gasteiger partial charge in [-0.2, -0.15) is 0 Å². The highest BCUT2D eigenvalue weighted by atomic mass is 16.5. The van der Waals surface area contributed by atoms with E-state index in [2.05, 4.69) is 48.6 Å². The highest BCUT2D eigenvalue weighted by Crippen LogP contribution is 2.28. The lowest BCUT2D eigenvalue weighted by Crippen LogP contribution is -2.16. The Morgan fingerprint density at radius 1 is 0.870 bits per heavy atom. The molecule has 0 unspecified atom stereocenters. The number of benzene rings is 2. The van der Waals surface area contributed by atoms with Crippen molar-refractivity contribution < 1.29 is 9.47 Å². The van der Waals surface area contributed by atoms with E-state index in [-0.39, 0.29) is 0 Å². The number of hydrogen-bond acceptors (Lipinski definition) is 3. The van der Waals surface area contributed by atoms with Crippen LogP contribution in [0, 0.1) is 0 Å². The summed E-state index contributed by atoms with van der Waals surface area (Å²) in [6.45, 7) is 7.25. The van der Waals surface area contributed by atoms with Crippen LogP contribution in [-0.4, -0.2) is 19.8 Å². The van der Waals surface area contributed by atoms with Crippen LogP contribution in [0.2, 0.25) is 0 Å². The molecule has 0 atom stereocenters. The molecule has 3 heteroatoms. The second-order valence-electron chi connectivity index (χ2n) is 5.47. The molecule has 0 amide bonds. The van der Waals surface area contributed by atoms with Crippen molar-refractivity contribution in [2.24, 2.45) is 0 Å². The van der Waals surface area contributed by atoms with E-state index in [0.29, 0.717) is 6.61 Å². The van der Waals surface area contributed by atoms with E-state index < -0.39 is 0 Å². The first-order valence-electron chi connectivity index (χ1n) is 8.46. The van der Waals surface area contributed by atoms with Gasteiger partial charge in [-0.05, 0) is 49.6 Å². The fourth-order valence-corrected chi connectivity index (χ4v) is 2.37. The van der Waals surface area contributed by atoms with Gasteiger partial charge in [-0.25, -0.2) is 0 Å². The third-order valence-corrected chi connectivity index (χ3v) is 3.53. The van der Waals surface area contributed by atoms with E-state index >= 15 is 0 Å². The van der Waals surface area contributed by atoms with E-state index in [1.165, 1.54) is 11.1 Å². The SMILES string of the molecule is CCCOc1ccc(CNCCc2ccccc2)cc1OCC. The van der Waals surface area contributed by atoms with Gasteiger partial charge in [0.05, 0.1) is 13.2 Å². The zero-order chi connectivity index (χ0) is 16.3. The molecule has 0 radical (unpaired) electrons. The molecule has 3 nitrogen and oxygen atoms in total. The predicted octanol–water partition coefficient (Wildman–Crippen LogP) is 4.21. The Kier molecular flexibility index (Phi) is 7.47. The highest BCUT2D eigenvalue weighted by Gasteiger charge is 2.06. The summed E-state index contributed by atoms with van der Waals surface area (Å²) in [6.07, 6.45) is 2.03. The summed E-state index contributed by atoms with van der Waals surface area (Å²) >= 11 is 0. The molecule has 0 saturated carbocycles. The topological polar surface area (TPSA) is 30.5 Å². The number of ether oxygens (including phenoxy) is 2. The van der Waals surface area contributed by atoms with Gasteiger partial charge in [-0.3, -0.25) is 0 Å². The first-order valence-corrected chi connectivity index (χ1v) is 8.46. The first kappa shape index (κ1) is 17.4. The summed E-state index contributed by atoms with van der Waals surface area (Å²) in [4.78, 5) is 0. The monoisotopic (exact) mass is 313 g/mol. The lowest BCUT2D eigenvalue weighted by Gasteiger charge is -2.13. The van der Waals surface area contributed by atoms with Gasteiger partial charge in [0.25, 0.3) is 0 Å². The van der Waals surface area contributed by atoms with E-state index in [9.17, 15) is 0 Å². The highest BCUT2D eigenvalue weighted by molar-refractivity contribution is 5.43. The van der Waals surface area contributed by atoms with Gasteiger partial charge in [-0.1, -0.05) is 43.3 Å². The van der Waals surface area contributed by atoms with Crippen LogP contribution >= 0.6 is 0 Å². The summed E-state index contributed by atoms with van der Waals surface area (Å²) in [5, 5.41) is 3.49. The molecule has 0 fully saturated rings. The molecular formula is C20H27NO2. The van der Waals surface area contributed by atoms with Gasteiger partial charge in [0, 0.05) is 6.54 Å². The average molecular weight is 313 g/mol. The van der Waals surface area contributed by atoms with Crippen LogP contribution in [0.3, 0.4) is 0 Å². The Bertz CT molecular complexity index is 569. The van der Waals surface area contributed by atoms with Crippen molar-refractivity contribution in [3.63, 3.8) is 0 Å². The molecule has 0 spiro atoms. The van der Waals surface area contributed by atoms with Gasteiger partial charge >= 0.3 is 0 Å². The molecule has 0 aliphatic carbocycles. The van der Waals surface area contributed by atoms with E-state index in [1.54, 1.807) is 0 Å². The van der Waals surface area contributed by atoms with E-state index in [4.69, 9.17) is 9.47 Å². The molecule has 2 rings (SSSR count). The Hall–Kier alpha value is -2.00. The summed E-state index contributed by atoms with van der Waals surface area (Å²) in [5.41, 5.74) is 2.57. The minimum Gasteiger partial charge on any atom is -0.490 e. The van der Waals surface area contributed by atoms with Gasteiger partial charge < -0.3 is 14.8 Å². The minimum atomic E-state index is 0.646. The zero-order valence-corrected chi connectivity index (χ0v) is 14.2. The molecule has 0 saturated heterocycles. The van der Waals surface area contributed by atoms with Crippen molar-refractivity contribution in [1.82, 2.24) is 5.32 Å². The third kappa shape index (κ3) is 5.95. The molecule has 2 aromatic rings. The van der Waals surface area contributed by atoms with Crippen LogP contribution in [0.15, 0.2) is 48.5 Å². The second-order valence-corrected chi connectivity index (χ2v) is 5.47. The van der Waals surface area contributed by atoms with Crippen molar-refractivity contribution in [1.29, 1.82) is 0 Å². The number of rotatable bonds is 10. The average Bonchev–Trinajstić information content (AvgIpc) is 2.59. The maximum absolute atomic E-state index is 5.73. The van der Waals surface area contributed by atoms with Crippen LogP contribution in [-0.2, 0) is 13.0 Å². The minimum absolute atomic E-state index is 0.646.